The number of hydrogen-bond donors (Lipinski definition) is 0. The van der Waals surface area contributed by atoms with Crippen LogP contribution in [0.25, 0.3) is 0 Å². The van der Waals surface area contributed by atoms with Gasteiger partial charge in [0.25, 0.3) is 0 Å². The van der Waals surface area contributed by atoms with Gasteiger partial charge in [-0.3, -0.25) is 4.79 Å². The normalized spacial score (nSPS) is 24.4. The van der Waals surface area contributed by atoms with E-state index in [9.17, 15) is 39.8 Å². The van der Waals surface area contributed by atoms with E-state index < -0.39 is 31.0 Å². The van der Waals surface area contributed by atoms with Crippen LogP contribution in [0.15, 0.2) is 0 Å². The first-order valence-electron chi connectivity index (χ1n) is 3.40. The highest BCUT2D eigenvalue weighted by molar-refractivity contribution is 6.56. The van der Waals surface area contributed by atoms with Crippen LogP contribution in [-0.2, 0) is 14.1 Å². The van der Waals surface area contributed by atoms with Crippen molar-refractivity contribution < 1.29 is 49.1 Å². The van der Waals surface area contributed by atoms with Crippen molar-refractivity contribution in [2.24, 2.45) is 0 Å². The second kappa shape index (κ2) is 2.99. The Kier molecular flexibility index (Phi) is 2.43. The van der Waals surface area contributed by atoms with Gasteiger partial charge in [0, 0.05) is 0 Å². The second-order valence-electron chi connectivity index (χ2n) is 2.73. The lowest BCUT2D eigenvalue weighted by Crippen LogP contribution is -2.61. The third-order valence-corrected chi connectivity index (χ3v) is 1.64. The number of rotatable bonds is 0. The molecule has 1 aliphatic heterocycles. The fourth-order valence-electron chi connectivity index (χ4n) is 1.01. The number of halogens is 8. The summed E-state index contributed by atoms with van der Waals surface area (Å²) in [5.41, 5.74) is -5.62. The van der Waals surface area contributed by atoms with Gasteiger partial charge in [-0.05, 0) is 0 Å². The predicted octanol–water partition coefficient (Wildman–Crippen LogP) is 1.80. The Morgan fingerprint density at radius 1 is 1.00 bits per heavy atom. The lowest BCUT2D eigenvalue weighted by atomic mass is 10.0. The predicted molar refractivity (Wildman–Crippen MR) is 30.0 cm³/mol. The molecule has 0 aromatic rings. The van der Waals surface area contributed by atoms with E-state index in [4.69, 9.17) is 0 Å². The molecule has 1 heterocycles. The zero-order chi connectivity index (χ0) is 13.0. The molecule has 94 valence electrons. The standard InChI is InChI=1S/C4BF8O3/c6-3(7,8)2(4(9,10)11)1(14)15-5(12,13)16-2/q-1. The molecule has 12 heteroatoms. The highest BCUT2D eigenvalue weighted by Gasteiger charge is 2.82. The van der Waals surface area contributed by atoms with Gasteiger partial charge in [-0.2, -0.15) is 26.3 Å². The van der Waals surface area contributed by atoms with Crippen LogP contribution in [0, 0.1) is 0 Å². The number of carbonyl (C=O) groups excluding carboxylic acids is 1. The summed E-state index contributed by atoms with van der Waals surface area (Å²) in [5, 5.41) is 0. The first kappa shape index (κ1) is 13.0. The Balaban J connectivity index is 3.35. The van der Waals surface area contributed by atoms with Gasteiger partial charge >= 0.3 is 31.0 Å². The molecular weight excluding hydrogens is 259 g/mol. The fourth-order valence-corrected chi connectivity index (χ4v) is 1.01. The molecule has 0 spiro atoms. The van der Waals surface area contributed by atoms with Crippen LogP contribution in [0.5, 0.6) is 0 Å². The minimum Gasteiger partial charge on any atom is -0.610 e. The summed E-state index contributed by atoms with van der Waals surface area (Å²) in [6.07, 6.45) is -12.8. The SMILES string of the molecule is O=C1O[B-](F)(F)OC1(C(F)(F)F)C(F)(F)F. The monoisotopic (exact) mass is 259 g/mol. The van der Waals surface area contributed by atoms with Crippen LogP contribution >= 0.6 is 0 Å². The summed E-state index contributed by atoms with van der Waals surface area (Å²) in [6, 6.07) is 0. The number of alkyl halides is 6. The molecule has 0 saturated carbocycles. The van der Waals surface area contributed by atoms with Crippen LogP contribution in [0.2, 0.25) is 0 Å². The van der Waals surface area contributed by atoms with E-state index in [0.29, 0.717) is 0 Å². The maximum atomic E-state index is 12.1. The van der Waals surface area contributed by atoms with E-state index in [2.05, 4.69) is 9.31 Å². The van der Waals surface area contributed by atoms with Crippen molar-refractivity contribution >= 4 is 13.1 Å². The molecule has 1 saturated heterocycles. The molecule has 0 aliphatic carbocycles. The largest absolute Gasteiger partial charge is 0.666 e. The van der Waals surface area contributed by atoms with E-state index in [-0.39, 0.29) is 0 Å². The van der Waals surface area contributed by atoms with Crippen LogP contribution in [0.1, 0.15) is 0 Å². The summed E-state index contributed by atoms with van der Waals surface area (Å²) in [4.78, 5) is 10.4. The van der Waals surface area contributed by atoms with E-state index in [0.717, 1.165) is 0 Å². The molecule has 1 fully saturated rings. The third kappa shape index (κ3) is 1.60. The number of carbonyl (C=O) groups is 1. The summed E-state index contributed by atoms with van der Waals surface area (Å²) < 4.78 is 102. The molecule has 0 bridgehead atoms. The lowest BCUT2D eigenvalue weighted by Gasteiger charge is -2.32. The Labute approximate surface area is 81.4 Å². The molecule has 0 aromatic carbocycles. The first-order valence-corrected chi connectivity index (χ1v) is 3.40. The minimum absolute atomic E-state index is 2.48. The van der Waals surface area contributed by atoms with Crippen LogP contribution in [0.4, 0.5) is 35.0 Å². The summed E-state index contributed by atoms with van der Waals surface area (Å²) >= 11 is 0. The Morgan fingerprint density at radius 2 is 1.38 bits per heavy atom. The summed E-state index contributed by atoms with van der Waals surface area (Å²) in [5.74, 6) is -3.22. The van der Waals surface area contributed by atoms with Crippen molar-refractivity contribution in [3.63, 3.8) is 0 Å². The minimum atomic E-state index is -6.40. The van der Waals surface area contributed by atoms with Crippen molar-refractivity contribution in [1.82, 2.24) is 0 Å². The molecule has 16 heavy (non-hydrogen) atoms. The van der Waals surface area contributed by atoms with Crippen molar-refractivity contribution in [2.75, 3.05) is 0 Å². The topological polar surface area (TPSA) is 35.5 Å². The van der Waals surface area contributed by atoms with Gasteiger partial charge in [0.05, 0.1) is 0 Å². The summed E-state index contributed by atoms with van der Waals surface area (Å²) in [7, 11) is -5.94. The Hall–Kier alpha value is -1.07. The quantitative estimate of drug-likeness (QED) is 0.491. The van der Waals surface area contributed by atoms with Crippen molar-refractivity contribution in [3.05, 3.63) is 0 Å². The molecule has 0 radical (unpaired) electrons. The van der Waals surface area contributed by atoms with Crippen LogP contribution in [-0.4, -0.2) is 31.0 Å². The first-order chi connectivity index (χ1) is 6.83. The van der Waals surface area contributed by atoms with Gasteiger partial charge in [0.2, 0.25) is 0 Å². The average Bonchev–Trinajstić information content (AvgIpc) is 2.17. The molecule has 1 aliphatic rings. The highest BCUT2D eigenvalue weighted by Crippen LogP contribution is 2.51. The fraction of sp³-hybridized carbons (Fsp3) is 0.750. The molecule has 1 rings (SSSR count). The van der Waals surface area contributed by atoms with Crippen molar-refractivity contribution in [1.29, 1.82) is 0 Å². The average molecular weight is 259 g/mol. The maximum Gasteiger partial charge on any atom is 0.666 e. The molecule has 0 aromatic heterocycles. The zero-order valence-corrected chi connectivity index (χ0v) is 6.83. The van der Waals surface area contributed by atoms with Crippen LogP contribution < -0.4 is 0 Å². The van der Waals surface area contributed by atoms with E-state index >= 15 is 0 Å². The molecule has 0 atom stereocenters. The highest BCUT2D eigenvalue weighted by atomic mass is 19.4. The lowest BCUT2D eigenvalue weighted by molar-refractivity contribution is -0.341. The van der Waals surface area contributed by atoms with Gasteiger partial charge in [-0.25, -0.2) is 0 Å². The van der Waals surface area contributed by atoms with Gasteiger partial charge in [0.1, 0.15) is 0 Å². The van der Waals surface area contributed by atoms with E-state index in [1.807, 2.05) is 0 Å². The molecule has 0 N–H and O–H groups in total. The molecule has 3 nitrogen and oxygen atoms in total. The second-order valence-corrected chi connectivity index (χ2v) is 2.73. The molecular formula is C4BF8O3-. The van der Waals surface area contributed by atoms with Gasteiger partial charge in [-0.1, -0.05) is 0 Å². The number of hydrogen-bond acceptors (Lipinski definition) is 3. The van der Waals surface area contributed by atoms with Gasteiger partial charge < -0.3 is 17.9 Å². The summed E-state index contributed by atoms with van der Waals surface area (Å²) in [6.45, 7) is 0. The maximum absolute atomic E-state index is 12.1. The smallest absolute Gasteiger partial charge is 0.610 e. The van der Waals surface area contributed by atoms with E-state index in [1.165, 1.54) is 0 Å². The van der Waals surface area contributed by atoms with Gasteiger partial charge in [0.15, 0.2) is 0 Å². The third-order valence-electron chi connectivity index (χ3n) is 1.64. The van der Waals surface area contributed by atoms with Crippen molar-refractivity contribution in [3.8, 4) is 0 Å². The zero-order valence-electron chi connectivity index (χ0n) is 6.83. The van der Waals surface area contributed by atoms with Crippen molar-refractivity contribution in [2.45, 2.75) is 18.0 Å². The molecule has 0 unspecified atom stereocenters. The Morgan fingerprint density at radius 3 is 1.50 bits per heavy atom. The van der Waals surface area contributed by atoms with E-state index in [1.54, 1.807) is 0 Å². The Bertz CT molecular complexity index is 304. The molecule has 0 amide bonds. The van der Waals surface area contributed by atoms with Gasteiger partial charge in [-0.15, -0.1) is 0 Å². The van der Waals surface area contributed by atoms with Crippen LogP contribution in [0.3, 0.4) is 0 Å².